The van der Waals surface area contributed by atoms with Crippen LogP contribution in [0.4, 0.5) is 19.3 Å². The average Bonchev–Trinajstić information content (AvgIpc) is 2.69. The Kier molecular flexibility index (Phi) is 7.29. The maximum Gasteiger partial charge on any atom is 0.314 e. The Hall–Kier alpha value is -3.34. The molecule has 8 nitrogen and oxygen atoms in total. The Labute approximate surface area is 181 Å². The highest BCUT2D eigenvalue weighted by molar-refractivity contribution is 7.99. The first-order valence-electron chi connectivity index (χ1n) is 9.23. The molecule has 164 valence electrons. The third-order valence-corrected chi connectivity index (χ3v) is 5.10. The van der Waals surface area contributed by atoms with E-state index in [-0.39, 0.29) is 24.0 Å². The lowest BCUT2D eigenvalue weighted by atomic mass is 10.1. The van der Waals surface area contributed by atoms with Crippen molar-refractivity contribution in [2.75, 3.05) is 25.0 Å². The summed E-state index contributed by atoms with van der Waals surface area (Å²) in [5, 5.41) is 5.38. The molecule has 0 aliphatic carbocycles. The lowest BCUT2D eigenvalue weighted by Crippen LogP contribution is -2.62. The van der Waals surface area contributed by atoms with E-state index in [1.165, 1.54) is 29.2 Å². The van der Waals surface area contributed by atoms with Gasteiger partial charge in [-0.3, -0.25) is 9.59 Å². The van der Waals surface area contributed by atoms with Gasteiger partial charge >= 0.3 is 6.03 Å². The number of carbonyl (C=O) groups is 3. The second kappa shape index (κ2) is 10.1. The quantitative estimate of drug-likeness (QED) is 0.535. The zero-order chi connectivity index (χ0) is 22.4. The molecule has 4 amide bonds. The van der Waals surface area contributed by atoms with Gasteiger partial charge in [0, 0.05) is 23.7 Å². The lowest BCUT2D eigenvalue weighted by Gasteiger charge is -2.38. The number of ether oxygens (including phenoxy) is 1. The summed E-state index contributed by atoms with van der Waals surface area (Å²) in [5.74, 6) is -3.15. The van der Waals surface area contributed by atoms with E-state index >= 15 is 0 Å². The number of para-hydroxylation sites is 1. The molecule has 1 heterocycles. The summed E-state index contributed by atoms with van der Waals surface area (Å²) >= 11 is 0.415. The van der Waals surface area contributed by atoms with Gasteiger partial charge in [-0.1, -0.05) is 23.9 Å². The summed E-state index contributed by atoms with van der Waals surface area (Å²) in [6.45, 7) is 0.318. The Morgan fingerprint density at radius 1 is 1.13 bits per heavy atom. The molecule has 1 saturated heterocycles. The van der Waals surface area contributed by atoms with Crippen LogP contribution in [0.25, 0.3) is 0 Å². The van der Waals surface area contributed by atoms with Crippen molar-refractivity contribution in [1.29, 1.82) is 0 Å². The first kappa shape index (κ1) is 22.3. The van der Waals surface area contributed by atoms with Crippen LogP contribution in [0.2, 0.25) is 0 Å². The highest BCUT2D eigenvalue weighted by Crippen LogP contribution is 2.26. The molecule has 0 spiro atoms. The maximum atomic E-state index is 12.5. The second-order valence-electron chi connectivity index (χ2n) is 6.65. The van der Waals surface area contributed by atoms with E-state index in [0.29, 0.717) is 35.4 Å². The molecular formula is C20H20F2N4O4S. The monoisotopic (exact) mass is 450 g/mol. The van der Waals surface area contributed by atoms with Gasteiger partial charge < -0.3 is 26.0 Å². The molecule has 3 rings (SSSR count). The Morgan fingerprint density at radius 3 is 2.45 bits per heavy atom. The van der Waals surface area contributed by atoms with Gasteiger partial charge in [-0.2, -0.15) is 8.78 Å². The zero-order valence-corrected chi connectivity index (χ0v) is 17.0. The SMILES string of the molecule is NC(=O)N1CC(NC(=O)c2ccccc2OCC(=O)Nc2ccc(SC(F)F)cc2)C1. The number of rotatable bonds is 8. The van der Waals surface area contributed by atoms with Gasteiger partial charge in [-0.05, 0) is 36.4 Å². The molecular weight excluding hydrogens is 430 g/mol. The number of halogens is 2. The average molecular weight is 450 g/mol. The minimum Gasteiger partial charge on any atom is -0.483 e. The summed E-state index contributed by atoms with van der Waals surface area (Å²) in [7, 11) is 0. The van der Waals surface area contributed by atoms with Crippen molar-refractivity contribution in [3.8, 4) is 5.75 Å². The van der Waals surface area contributed by atoms with E-state index in [2.05, 4.69) is 10.6 Å². The number of alkyl halides is 2. The number of nitrogens with one attached hydrogen (secondary N) is 2. The van der Waals surface area contributed by atoms with Crippen LogP contribution in [-0.4, -0.2) is 54.2 Å². The fraction of sp³-hybridized carbons (Fsp3) is 0.250. The number of nitrogens with two attached hydrogens (primary N) is 1. The van der Waals surface area contributed by atoms with Crippen molar-refractivity contribution in [2.45, 2.75) is 16.7 Å². The van der Waals surface area contributed by atoms with Gasteiger partial charge in [0.25, 0.3) is 17.6 Å². The Morgan fingerprint density at radius 2 is 1.81 bits per heavy atom. The van der Waals surface area contributed by atoms with E-state index in [0.717, 1.165) is 0 Å². The van der Waals surface area contributed by atoms with Gasteiger partial charge in [-0.25, -0.2) is 4.79 Å². The molecule has 2 aromatic carbocycles. The summed E-state index contributed by atoms with van der Waals surface area (Å²) in [5.41, 5.74) is 5.84. The van der Waals surface area contributed by atoms with Crippen LogP contribution in [0.1, 0.15) is 10.4 Å². The predicted octanol–water partition coefficient (Wildman–Crippen LogP) is 2.51. The third kappa shape index (κ3) is 6.32. The van der Waals surface area contributed by atoms with E-state index in [9.17, 15) is 23.2 Å². The van der Waals surface area contributed by atoms with Gasteiger partial charge in [0.1, 0.15) is 5.75 Å². The third-order valence-electron chi connectivity index (χ3n) is 4.38. The first-order valence-corrected chi connectivity index (χ1v) is 10.1. The van der Waals surface area contributed by atoms with Crippen molar-refractivity contribution >= 4 is 35.3 Å². The molecule has 0 saturated carbocycles. The molecule has 1 aliphatic rings. The van der Waals surface area contributed by atoms with Crippen LogP contribution in [0.3, 0.4) is 0 Å². The summed E-state index contributed by atoms with van der Waals surface area (Å²) in [6, 6.07) is 11.7. The fourth-order valence-corrected chi connectivity index (χ4v) is 3.35. The molecule has 4 N–H and O–H groups in total. The van der Waals surface area contributed by atoms with Crippen molar-refractivity contribution in [3.63, 3.8) is 0 Å². The molecule has 0 bridgehead atoms. The zero-order valence-electron chi connectivity index (χ0n) is 16.2. The molecule has 31 heavy (non-hydrogen) atoms. The molecule has 1 fully saturated rings. The first-order chi connectivity index (χ1) is 14.8. The molecule has 11 heteroatoms. The number of nitrogens with zero attached hydrogens (tertiary/aromatic N) is 1. The van der Waals surface area contributed by atoms with Gasteiger partial charge in [0.05, 0.1) is 11.6 Å². The molecule has 0 unspecified atom stereocenters. The highest BCUT2D eigenvalue weighted by atomic mass is 32.2. The molecule has 0 aromatic heterocycles. The molecule has 2 aromatic rings. The fourth-order valence-electron chi connectivity index (χ4n) is 2.85. The number of amides is 4. The number of urea groups is 1. The summed E-state index contributed by atoms with van der Waals surface area (Å²) in [6.07, 6.45) is 0. The van der Waals surface area contributed by atoms with Crippen LogP contribution in [-0.2, 0) is 4.79 Å². The number of benzene rings is 2. The topological polar surface area (TPSA) is 114 Å². The van der Waals surface area contributed by atoms with Crippen LogP contribution in [0.5, 0.6) is 5.75 Å². The number of carbonyl (C=O) groups excluding carboxylic acids is 3. The smallest absolute Gasteiger partial charge is 0.314 e. The number of hydrogen-bond donors (Lipinski definition) is 3. The standard InChI is InChI=1S/C20H20F2N4O4S/c21-19(22)31-14-7-5-12(6-8-14)24-17(27)11-30-16-4-2-1-3-15(16)18(28)25-13-9-26(10-13)20(23)29/h1-8,13,19H,9-11H2,(H2,23,29)(H,24,27)(H,25,28). The minimum absolute atomic E-state index is 0.206. The van der Waals surface area contributed by atoms with Crippen molar-refractivity contribution < 1.29 is 27.9 Å². The van der Waals surface area contributed by atoms with Gasteiger partial charge in [0.15, 0.2) is 6.61 Å². The predicted molar refractivity (Wildman–Crippen MR) is 111 cm³/mol. The van der Waals surface area contributed by atoms with Crippen LogP contribution >= 0.6 is 11.8 Å². The van der Waals surface area contributed by atoms with Crippen molar-refractivity contribution in [2.24, 2.45) is 5.73 Å². The number of thioether (sulfide) groups is 1. The van der Waals surface area contributed by atoms with E-state index in [1.54, 1.807) is 24.3 Å². The lowest BCUT2D eigenvalue weighted by molar-refractivity contribution is -0.118. The molecule has 0 atom stereocenters. The Balaban J connectivity index is 1.51. The van der Waals surface area contributed by atoms with Crippen molar-refractivity contribution in [1.82, 2.24) is 10.2 Å². The van der Waals surface area contributed by atoms with Crippen LogP contribution in [0, 0.1) is 0 Å². The highest BCUT2D eigenvalue weighted by Gasteiger charge is 2.31. The number of primary amides is 1. The minimum atomic E-state index is -2.52. The van der Waals surface area contributed by atoms with E-state index < -0.39 is 23.6 Å². The molecule has 0 radical (unpaired) electrons. The Bertz CT molecular complexity index is 952. The van der Waals surface area contributed by atoms with Gasteiger partial charge in [-0.15, -0.1) is 0 Å². The largest absolute Gasteiger partial charge is 0.483 e. The summed E-state index contributed by atoms with van der Waals surface area (Å²) in [4.78, 5) is 37.5. The number of anilines is 1. The maximum absolute atomic E-state index is 12.5. The van der Waals surface area contributed by atoms with E-state index in [1.807, 2.05) is 0 Å². The number of likely N-dealkylation sites (tertiary alicyclic amines) is 1. The van der Waals surface area contributed by atoms with Crippen molar-refractivity contribution in [3.05, 3.63) is 54.1 Å². The van der Waals surface area contributed by atoms with Gasteiger partial charge in [0.2, 0.25) is 0 Å². The number of hydrogen-bond acceptors (Lipinski definition) is 5. The normalized spacial score (nSPS) is 13.5. The summed E-state index contributed by atoms with van der Waals surface area (Å²) < 4.78 is 30.2. The second-order valence-corrected chi connectivity index (χ2v) is 7.71. The van der Waals surface area contributed by atoms with E-state index in [4.69, 9.17) is 10.5 Å². The molecule has 1 aliphatic heterocycles. The van der Waals surface area contributed by atoms with Crippen LogP contribution < -0.4 is 21.1 Å². The van der Waals surface area contributed by atoms with Crippen LogP contribution in [0.15, 0.2) is 53.4 Å².